The molecule has 12 nitrogen and oxygen atoms in total. The molecule has 0 N–H and O–H groups in total. The first-order valence-electron chi connectivity index (χ1n) is 8.71. The lowest BCUT2D eigenvalue weighted by molar-refractivity contribution is -0.402. The van der Waals surface area contributed by atoms with Gasteiger partial charge in [0.1, 0.15) is 0 Å². The van der Waals surface area contributed by atoms with E-state index in [1.165, 1.54) is 5.01 Å². The van der Waals surface area contributed by atoms with Gasteiger partial charge in [-0.05, 0) is 12.8 Å². The smallest absolute Gasteiger partial charge is 0.258 e. The molecule has 27 heavy (non-hydrogen) atoms. The van der Waals surface area contributed by atoms with Crippen molar-refractivity contribution in [2.75, 3.05) is 5.01 Å². The summed E-state index contributed by atoms with van der Waals surface area (Å²) >= 11 is 0. The van der Waals surface area contributed by atoms with Gasteiger partial charge in [-0.1, -0.05) is 37.3 Å². The van der Waals surface area contributed by atoms with E-state index < -0.39 is 31.8 Å². The molecule has 0 saturated heterocycles. The average molecular weight is 378 g/mol. The molecular weight excluding hydrogens is 360 g/mol. The highest BCUT2D eigenvalue weighted by molar-refractivity contribution is 5.78. The maximum Gasteiger partial charge on any atom is 0.308 e. The van der Waals surface area contributed by atoms with Crippen molar-refractivity contribution in [2.24, 2.45) is 10.3 Å². The summed E-state index contributed by atoms with van der Waals surface area (Å²) in [6, 6.07) is 0.945. The lowest BCUT2D eigenvalue weighted by Crippen LogP contribution is -2.35. The van der Waals surface area contributed by atoms with Crippen LogP contribution in [0, 0.1) is 30.3 Å². The van der Waals surface area contributed by atoms with Crippen molar-refractivity contribution < 1.29 is 14.8 Å². The van der Waals surface area contributed by atoms with Crippen LogP contribution in [0.25, 0.3) is 0 Å². The van der Waals surface area contributed by atoms with Crippen LogP contribution in [0.2, 0.25) is 0 Å². The van der Waals surface area contributed by atoms with Crippen molar-refractivity contribution in [3.63, 3.8) is 0 Å². The lowest BCUT2D eigenvalue weighted by Gasteiger charge is -2.24. The maximum absolute atomic E-state index is 11.5. The van der Waals surface area contributed by atoms with Crippen molar-refractivity contribution in [3.05, 3.63) is 42.5 Å². The molecule has 2 atom stereocenters. The summed E-state index contributed by atoms with van der Waals surface area (Å²) in [7, 11) is 0. The van der Waals surface area contributed by atoms with E-state index in [1.807, 2.05) is 0 Å². The number of benzene rings is 1. The van der Waals surface area contributed by atoms with Crippen molar-refractivity contribution in [1.82, 2.24) is 0 Å². The zero-order valence-corrected chi connectivity index (χ0v) is 14.4. The van der Waals surface area contributed by atoms with Crippen molar-refractivity contribution in [3.8, 4) is 0 Å². The Balaban J connectivity index is 2.11. The highest BCUT2D eigenvalue weighted by Crippen LogP contribution is 2.45. The molecule has 1 fully saturated rings. The number of anilines is 1. The normalized spacial score (nSPS) is 22.4. The minimum absolute atomic E-state index is 0.197. The van der Waals surface area contributed by atoms with Crippen molar-refractivity contribution >= 4 is 22.7 Å². The number of fused-ring (bicyclic) bond motifs is 1. The molecule has 144 valence electrons. The van der Waals surface area contributed by atoms with E-state index in [9.17, 15) is 30.3 Å². The maximum atomic E-state index is 11.5. The van der Waals surface area contributed by atoms with Gasteiger partial charge in [-0.25, -0.2) is 5.01 Å². The summed E-state index contributed by atoms with van der Waals surface area (Å²) in [5.41, 5.74) is -2.48. The fourth-order valence-corrected chi connectivity index (χ4v) is 3.65. The summed E-state index contributed by atoms with van der Waals surface area (Å²) in [5.74, 6) is 0. The van der Waals surface area contributed by atoms with E-state index in [2.05, 4.69) is 10.3 Å². The van der Waals surface area contributed by atoms with Gasteiger partial charge in [0.15, 0.2) is 0 Å². The second kappa shape index (κ2) is 7.60. The summed E-state index contributed by atoms with van der Waals surface area (Å²) in [4.78, 5) is 31.5. The predicted molar refractivity (Wildman–Crippen MR) is 93.6 cm³/mol. The molecule has 1 saturated carbocycles. The number of nitrogens with zero attached hydrogens (tertiary/aromatic N) is 6. The largest absolute Gasteiger partial charge is 0.308 e. The van der Waals surface area contributed by atoms with Crippen LogP contribution in [0.15, 0.2) is 22.5 Å². The third-order valence-corrected chi connectivity index (χ3v) is 4.94. The number of nitro groups is 3. The molecule has 2 aliphatic rings. The standard InChI is InChI=1S/C15H18N6O6/c22-19(23)10-8-13(20(24)25)15(14(9-10)21(26)27)18-12-7-5-3-1-2-4-6-11(12)16-17-18/h8-9,11-12H,1-7H2. The second-order valence-electron chi connectivity index (χ2n) is 6.63. The average Bonchev–Trinajstić information content (AvgIpc) is 3.05. The van der Waals surface area contributed by atoms with E-state index in [4.69, 9.17) is 0 Å². The van der Waals surface area contributed by atoms with Crippen LogP contribution < -0.4 is 5.01 Å². The molecule has 1 aliphatic carbocycles. The first-order chi connectivity index (χ1) is 12.9. The Morgan fingerprint density at radius 2 is 1.41 bits per heavy atom. The van der Waals surface area contributed by atoms with Gasteiger partial charge in [0.25, 0.3) is 5.69 Å². The van der Waals surface area contributed by atoms with Crippen LogP contribution in [-0.2, 0) is 0 Å². The summed E-state index contributed by atoms with van der Waals surface area (Å²) < 4.78 is 0. The van der Waals surface area contributed by atoms with Gasteiger partial charge in [0.2, 0.25) is 5.69 Å². The summed E-state index contributed by atoms with van der Waals surface area (Å²) in [6.45, 7) is 0. The van der Waals surface area contributed by atoms with E-state index in [-0.39, 0.29) is 17.8 Å². The van der Waals surface area contributed by atoms with E-state index >= 15 is 0 Å². The quantitative estimate of drug-likeness (QED) is 0.564. The number of rotatable bonds is 4. The van der Waals surface area contributed by atoms with Crippen LogP contribution >= 0.6 is 0 Å². The first-order valence-corrected chi connectivity index (χ1v) is 8.71. The van der Waals surface area contributed by atoms with Gasteiger partial charge in [0, 0.05) is 0 Å². The van der Waals surface area contributed by atoms with Gasteiger partial charge < -0.3 is 0 Å². The molecule has 0 radical (unpaired) electrons. The topological polar surface area (TPSA) is 157 Å². The van der Waals surface area contributed by atoms with Crippen LogP contribution in [0.1, 0.15) is 44.9 Å². The fourth-order valence-electron chi connectivity index (χ4n) is 3.65. The van der Waals surface area contributed by atoms with Gasteiger partial charge in [-0.15, -0.1) is 0 Å². The SMILES string of the molecule is O=[N+]([O-])c1cc([N+](=O)[O-])c(N2N=NC3CCCCCCCC32)c([N+](=O)[O-])c1. The van der Waals surface area contributed by atoms with E-state index in [0.717, 1.165) is 50.7 Å². The summed E-state index contributed by atoms with van der Waals surface area (Å²) in [6.07, 6.45) is 6.35. The molecule has 0 aromatic heterocycles. The zero-order chi connectivity index (χ0) is 19.6. The Labute approximate surface area is 153 Å². The zero-order valence-electron chi connectivity index (χ0n) is 14.4. The van der Waals surface area contributed by atoms with Gasteiger partial charge in [-0.3, -0.25) is 30.3 Å². The van der Waals surface area contributed by atoms with Crippen molar-refractivity contribution in [2.45, 2.75) is 57.0 Å². The molecule has 12 heteroatoms. The highest BCUT2D eigenvalue weighted by atomic mass is 16.6. The van der Waals surface area contributed by atoms with Gasteiger partial charge in [0.05, 0.1) is 39.0 Å². The van der Waals surface area contributed by atoms with Crippen LogP contribution in [0.4, 0.5) is 22.7 Å². The first kappa shape index (κ1) is 18.6. The minimum Gasteiger partial charge on any atom is -0.258 e. The van der Waals surface area contributed by atoms with Crippen LogP contribution in [0.3, 0.4) is 0 Å². The van der Waals surface area contributed by atoms with Crippen LogP contribution in [0.5, 0.6) is 0 Å². The molecular formula is C15H18N6O6. The summed E-state index contributed by atoms with van der Waals surface area (Å²) in [5, 5.41) is 43.5. The third-order valence-electron chi connectivity index (χ3n) is 4.94. The fraction of sp³-hybridized carbons (Fsp3) is 0.600. The Bertz CT molecular complexity index is 777. The van der Waals surface area contributed by atoms with Gasteiger partial charge >= 0.3 is 11.4 Å². The van der Waals surface area contributed by atoms with E-state index in [1.54, 1.807) is 0 Å². The highest BCUT2D eigenvalue weighted by Gasteiger charge is 2.42. The second-order valence-corrected chi connectivity index (χ2v) is 6.63. The van der Waals surface area contributed by atoms with Crippen molar-refractivity contribution in [1.29, 1.82) is 0 Å². The molecule has 0 spiro atoms. The lowest BCUT2D eigenvalue weighted by atomic mass is 9.99. The van der Waals surface area contributed by atoms with Gasteiger partial charge in [-0.2, -0.15) is 5.11 Å². The Morgan fingerprint density at radius 3 is 1.96 bits per heavy atom. The number of non-ortho nitro benzene ring substituents is 1. The third kappa shape index (κ3) is 3.68. The predicted octanol–water partition coefficient (Wildman–Crippen LogP) is 4.08. The molecule has 2 unspecified atom stereocenters. The molecule has 1 aromatic rings. The Hall–Kier alpha value is -3.18. The van der Waals surface area contributed by atoms with E-state index in [0.29, 0.717) is 6.42 Å². The monoisotopic (exact) mass is 378 g/mol. The molecule has 1 aromatic carbocycles. The molecule has 1 aliphatic heterocycles. The van der Waals surface area contributed by atoms with Crippen LogP contribution in [-0.4, -0.2) is 26.9 Å². The number of hydrogen-bond donors (Lipinski definition) is 0. The minimum atomic E-state index is -0.891. The molecule has 1 heterocycles. The Morgan fingerprint density at radius 1 is 0.852 bits per heavy atom. The Kier molecular flexibility index (Phi) is 5.23. The number of hydrogen-bond acceptors (Lipinski definition) is 9. The molecule has 0 amide bonds. The molecule has 0 bridgehead atoms. The number of nitro benzene ring substituents is 3. The molecule has 3 rings (SSSR count).